The van der Waals surface area contributed by atoms with Crippen LogP contribution in [0.5, 0.6) is 0 Å². The van der Waals surface area contributed by atoms with Crippen molar-refractivity contribution in [1.29, 1.82) is 0 Å². The molecule has 96 valence electrons. The Balaban J connectivity index is 1.83. The van der Waals surface area contributed by atoms with Gasteiger partial charge in [-0.15, -0.1) is 0 Å². The smallest absolute Gasteiger partial charge is 0.192 e. The summed E-state index contributed by atoms with van der Waals surface area (Å²) in [5.41, 5.74) is 2.14. The second-order valence-electron chi connectivity index (χ2n) is 5.01. The van der Waals surface area contributed by atoms with E-state index >= 15 is 0 Å². The van der Waals surface area contributed by atoms with Crippen LogP contribution in [0.1, 0.15) is 41.1 Å². The highest BCUT2D eigenvalue weighted by molar-refractivity contribution is 7.99. The summed E-state index contributed by atoms with van der Waals surface area (Å²) in [6.45, 7) is 0.701. The molecule has 1 aromatic carbocycles. The Labute approximate surface area is 112 Å². The molecule has 1 aromatic rings. The predicted molar refractivity (Wildman–Crippen MR) is 74.4 cm³/mol. The number of rotatable bonds is 3. The zero-order valence-corrected chi connectivity index (χ0v) is 11.2. The first-order valence-electron chi connectivity index (χ1n) is 6.69. The standard InChI is InChI=1S/C15H18O2S/c16-15(14-10-18-9-8-17-14)13-7-2-1-6-12(13)11-4-3-5-11/h1-2,6-7,11,14H,3-5,8-10H2. The number of carbonyl (C=O) groups excluding carboxylic acids is 1. The Hall–Kier alpha value is -0.800. The molecule has 0 amide bonds. The van der Waals surface area contributed by atoms with Crippen LogP contribution in [-0.2, 0) is 4.74 Å². The van der Waals surface area contributed by atoms with Crippen LogP contribution in [0.15, 0.2) is 24.3 Å². The van der Waals surface area contributed by atoms with Gasteiger partial charge in [-0.25, -0.2) is 0 Å². The van der Waals surface area contributed by atoms with Gasteiger partial charge in [0.05, 0.1) is 6.61 Å². The molecule has 3 heteroatoms. The predicted octanol–water partition coefficient (Wildman–Crippen LogP) is 3.27. The monoisotopic (exact) mass is 262 g/mol. The minimum Gasteiger partial charge on any atom is -0.368 e. The van der Waals surface area contributed by atoms with Gasteiger partial charge in [0.15, 0.2) is 5.78 Å². The number of ether oxygens (including phenoxy) is 1. The van der Waals surface area contributed by atoms with Crippen LogP contribution >= 0.6 is 11.8 Å². The second kappa shape index (κ2) is 5.45. The van der Waals surface area contributed by atoms with Crippen LogP contribution in [0.4, 0.5) is 0 Å². The highest BCUT2D eigenvalue weighted by Gasteiger charge is 2.29. The van der Waals surface area contributed by atoms with Crippen molar-refractivity contribution < 1.29 is 9.53 Å². The Bertz CT molecular complexity index is 434. The maximum atomic E-state index is 12.5. The minimum atomic E-state index is -0.232. The molecule has 1 aliphatic carbocycles. The van der Waals surface area contributed by atoms with Crippen molar-refractivity contribution in [2.45, 2.75) is 31.3 Å². The lowest BCUT2D eigenvalue weighted by molar-refractivity contribution is 0.0517. The van der Waals surface area contributed by atoms with Crippen molar-refractivity contribution in [3.8, 4) is 0 Å². The fourth-order valence-electron chi connectivity index (χ4n) is 2.61. The molecule has 1 saturated heterocycles. The Morgan fingerprint density at radius 3 is 2.78 bits per heavy atom. The van der Waals surface area contributed by atoms with Crippen molar-refractivity contribution >= 4 is 17.5 Å². The van der Waals surface area contributed by atoms with Gasteiger partial charge in [0.1, 0.15) is 6.10 Å². The second-order valence-corrected chi connectivity index (χ2v) is 6.16. The van der Waals surface area contributed by atoms with Gasteiger partial charge in [-0.1, -0.05) is 30.7 Å². The number of ketones is 1. The minimum absolute atomic E-state index is 0.185. The molecule has 0 bridgehead atoms. The van der Waals surface area contributed by atoms with Gasteiger partial charge in [0, 0.05) is 17.1 Å². The third-order valence-electron chi connectivity index (χ3n) is 3.88. The van der Waals surface area contributed by atoms with E-state index in [2.05, 4.69) is 6.07 Å². The number of benzene rings is 1. The molecule has 0 aromatic heterocycles. The molecule has 2 aliphatic rings. The lowest BCUT2D eigenvalue weighted by Crippen LogP contribution is -2.32. The van der Waals surface area contributed by atoms with Gasteiger partial charge in [0.2, 0.25) is 0 Å². The summed E-state index contributed by atoms with van der Waals surface area (Å²) >= 11 is 1.81. The summed E-state index contributed by atoms with van der Waals surface area (Å²) in [6, 6.07) is 8.10. The van der Waals surface area contributed by atoms with E-state index in [4.69, 9.17) is 4.74 Å². The van der Waals surface area contributed by atoms with E-state index in [-0.39, 0.29) is 11.9 Å². The van der Waals surface area contributed by atoms with E-state index in [1.54, 1.807) is 0 Å². The zero-order valence-electron chi connectivity index (χ0n) is 10.4. The molecule has 1 atom stereocenters. The average molecular weight is 262 g/mol. The Morgan fingerprint density at radius 1 is 1.28 bits per heavy atom. The van der Waals surface area contributed by atoms with Crippen LogP contribution in [0.3, 0.4) is 0 Å². The van der Waals surface area contributed by atoms with Crippen LogP contribution in [0.25, 0.3) is 0 Å². The summed E-state index contributed by atoms with van der Waals surface area (Å²) in [6.07, 6.45) is 3.52. The topological polar surface area (TPSA) is 26.3 Å². The summed E-state index contributed by atoms with van der Waals surface area (Å²) in [5, 5.41) is 0. The lowest BCUT2D eigenvalue weighted by Gasteiger charge is -2.29. The fourth-order valence-corrected chi connectivity index (χ4v) is 3.45. The molecule has 18 heavy (non-hydrogen) atoms. The molecule has 1 saturated carbocycles. The highest BCUT2D eigenvalue weighted by Crippen LogP contribution is 2.38. The molecular formula is C15H18O2S. The SMILES string of the molecule is O=C(c1ccccc1C1CCC1)C1CSCCO1. The van der Waals surface area contributed by atoms with E-state index in [9.17, 15) is 4.79 Å². The zero-order chi connectivity index (χ0) is 12.4. The Kier molecular flexibility index (Phi) is 3.71. The van der Waals surface area contributed by atoms with Crippen molar-refractivity contribution in [2.24, 2.45) is 0 Å². The molecular weight excluding hydrogens is 244 g/mol. The third-order valence-corrected chi connectivity index (χ3v) is 4.87. The first-order chi connectivity index (χ1) is 8.86. The molecule has 2 fully saturated rings. The van der Waals surface area contributed by atoms with Crippen molar-refractivity contribution in [3.63, 3.8) is 0 Å². The van der Waals surface area contributed by atoms with Crippen LogP contribution in [0.2, 0.25) is 0 Å². The molecule has 2 nitrogen and oxygen atoms in total. The molecule has 3 rings (SSSR count). The summed E-state index contributed by atoms with van der Waals surface area (Å²) in [5.74, 6) is 2.59. The largest absolute Gasteiger partial charge is 0.368 e. The van der Waals surface area contributed by atoms with Crippen molar-refractivity contribution in [2.75, 3.05) is 18.1 Å². The maximum absolute atomic E-state index is 12.5. The van der Waals surface area contributed by atoms with Gasteiger partial charge >= 0.3 is 0 Å². The third kappa shape index (κ3) is 2.34. The van der Waals surface area contributed by atoms with Gasteiger partial charge in [0.25, 0.3) is 0 Å². The fraction of sp³-hybridized carbons (Fsp3) is 0.533. The maximum Gasteiger partial charge on any atom is 0.192 e. The van der Waals surface area contributed by atoms with E-state index in [0.29, 0.717) is 12.5 Å². The number of hydrogen-bond donors (Lipinski definition) is 0. The van der Waals surface area contributed by atoms with E-state index in [1.165, 1.54) is 24.8 Å². The average Bonchev–Trinajstić information content (AvgIpc) is 2.38. The van der Waals surface area contributed by atoms with E-state index < -0.39 is 0 Å². The number of hydrogen-bond acceptors (Lipinski definition) is 3. The normalized spacial score (nSPS) is 24.6. The molecule has 0 N–H and O–H groups in total. The van der Waals surface area contributed by atoms with Crippen LogP contribution in [0, 0.1) is 0 Å². The highest BCUT2D eigenvalue weighted by atomic mass is 32.2. The van der Waals surface area contributed by atoms with Gasteiger partial charge in [-0.2, -0.15) is 11.8 Å². The van der Waals surface area contributed by atoms with Crippen LogP contribution in [-0.4, -0.2) is 30.0 Å². The first-order valence-corrected chi connectivity index (χ1v) is 7.84. The molecule has 1 aliphatic heterocycles. The Morgan fingerprint density at radius 2 is 2.11 bits per heavy atom. The summed E-state index contributed by atoms with van der Waals surface area (Å²) in [4.78, 5) is 12.5. The van der Waals surface area contributed by atoms with Crippen molar-refractivity contribution in [1.82, 2.24) is 0 Å². The van der Waals surface area contributed by atoms with Gasteiger partial charge in [-0.05, 0) is 24.3 Å². The number of thioether (sulfide) groups is 1. The van der Waals surface area contributed by atoms with Gasteiger partial charge in [-0.3, -0.25) is 4.79 Å². The van der Waals surface area contributed by atoms with E-state index in [1.807, 2.05) is 30.0 Å². The quantitative estimate of drug-likeness (QED) is 0.782. The number of carbonyl (C=O) groups is 1. The van der Waals surface area contributed by atoms with E-state index in [0.717, 1.165) is 17.1 Å². The summed E-state index contributed by atoms with van der Waals surface area (Å²) < 4.78 is 5.61. The molecule has 0 radical (unpaired) electrons. The first kappa shape index (κ1) is 12.2. The van der Waals surface area contributed by atoms with Crippen molar-refractivity contribution in [3.05, 3.63) is 35.4 Å². The van der Waals surface area contributed by atoms with Gasteiger partial charge < -0.3 is 4.74 Å². The molecule has 0 spiro atoms. The molecule has 1 unspecified atom stereocenters. The molecule has 1 heterocycles. The van der Waals surface area contributed by atoms with Crippen LogP contribution < -0.4 is 0 Å². The summed E-state index contributed by atoms with van der Waals surface area (Å²) in [7, 11) is 0. The number of Topliss-reactive ketones (excluding diaryl/α,β-unsaturated/α-hetero) is 1. The lowest BCUT2D eigenvalue weighted by atomic mass is 9.77.